The summed E-state index contributed by atoms with van der Waals surface area (Å²) in [6.45, 7) is 4.46. The van der Waals surface area contributed by atoms with Crippen LogP contribution in [0.4, 0.5) is 5.13 Å². The summed E-state index contributed by atoms with van der Waals surface area (Å²) < 4.78 is 6.63. The van der Waals surface area contributed by atoms with E-state index in [1.54, 1.807) is 34.3 Å². The van der Waals surface area contributed by atoms with E-state index in [4.69, 9.17) is 9.40 Å². The standard InChI is InChI=1S/C22H20N2O2S2/c1-14-9-10-15(2)20-19(14)23-22(28-20)24(13-17-7-5-11-26-17)21(25)16-6-4-8-18(12-16)27-3/h4-12H,13H2,1-3H3. The van der Waals surface area contributed by atoms with Crippen LogP contribution in [0.15, 0.2) is 64.1 Å². The van der Waals surface area contributed by atoms with Crippen LogP contribution in [0.25, 0.3) is 10.2 Å². The Bertz CT molecular complexity index is 1090. The monoisotopic (exact) mass is 408 g/mol. The number of benzene rings is 2. The number of rotatable bonds is 5. The van der Waals surface area contributed by atoms with Crippen LogP contribution in [-0.4, -0.2) is 17.1 Å². The fourth-order valence-corrected chi connectivity index (χ4v) is 4.63. The first kappa shape index (κ1) is 18.8. The second kappa shape index (κ2) is 7.81. The Morgan fingerprint density at radius 1 is 1.14 bits per heavy atom. The number of aryl methyl sites for hydroxylation is 2. The Balaban J connectivity index is 1.80. The molecule has 6 heteroatoms. The average Bonchev–Trinajstić information content (AvgIpc) is 3.39. The van der Waals surface area contributed by atoms with Gasteiger partial charge in [-0.05, 0) is 61.6 Å². The third kappa shape index (κ3) is 3.57. The van der Waals surface area contributed by atoms with E-state index in [0.29, 0.717) is 17.2 Å². The molecule has 0 fully saturated rings. The second-order valence-electron chi connectivity index (χ2n) is 6.58. The lowest BCUT2D eigenvalue weighted by molar-refractivity contribution is 0.0983. The van der Waals surface area contributed by atoms with Crippen molar-refractivity contribution < 1.29 is 9.21 Å². The van der Waals surface area contributed by atoms with Gasteiger partial charge in [-0.1, -0.05) is 29.5 Å². The number of hydrogen-bond donors (Lipinski definition) is 0. The highest BCUT2D eigenvalue weighted by atomic mass is 32.2. The fraction of sp³-hybridized carbons (Fsp3) is 0.182. The fourth-order valence-electron chi connectivity index (χ4n) is 3.06. The van der Waals surface area contributed by atoms with E-state index >= 15 is 0 Å². The Labute approximate surface area is 172 Å². The highest BCUT2D eigenvalue weighted by Crippen LogP contribution is 2.34. The van der Waals surface area contributed by atoms with Crippen molar-refractivity contribution >= 4 is 44.4 Å². The number of thioether (sulfide) groups is 1. The zero-order chi connectivity index (χ0) is 19.7. The molecule has 0 aliphatic heterocycles. The van der Waals surface area contributed by atoms with Gasteiger partial charge in [0, 0.05) is 10.5 Å². The second-order valence-corrected chi connectivity index (χ2v) is 8.43. The maximum atomic E-state index is 13.4. The Kier molecular flexibility index (Phi) is 5.24. The van der Waals surface area contributed by atoms with Crippen molar-refractivity contribution in [1.82, 2.24) is 4.98 Å². The molecule has 4 nitrogen and oxygen atoms in total. The molecule has 0 radical (unpaired) electrons. The number of nitrogens with zero attached hydrogens (tertiary/aromatic N) is 2. The van der Waals surface area contributed by atoms with Crippen LogP contribution in [-0.2, 0) is 6.54 Å². The normalized spacial score (nSPS) is 11.1. The van der Waals surface area contributed by atoms with Gasteiger partial charge in [0.05, 0.1) is 23.0 Å². The van der Waals surface area contributed by atoms with Gasteiger partial charge in [-0.2, -0.15) is 0 Å². The van der Waals surface area contributed by atoms with E-state index in [0.717, 1.165) is 26.4 Å². The largest absolute Gasteiger partial charge is 0.467 e. The number of thiazole rings is 1. The molecule has 0 aliphatic carbocycles. The first-order valence-corrected chi connectivity index (χ1v) is 11.0. The van der Waals surface area contributed by atoms with Gasteiger partial charge in [-0.25, -0.2) is 4.98 Å². The first-order chi connectivity index (χ1) is 13.6. The minimum Gasteiger partial charge on any atom is -0.467 e. The summed E-state index contributed by atoms with van der Waals surface area (Å²) in [7, 11) is 0. The van der Waals surface area contributed by atoms with Gasteiger partial charge in [0.2, 0.25) is 0 Å². The Hall–Kier alpha value is -2.57. The number of aromatic nitrogens is 1. The number of amides is 1. The summed E-state index contributed by atoms with van der Waals surface area (Å²) in [5, 5.41) is 0.684. The number of furan rings is 1. The lowest BCUT2D eigenvalue weighted by Gasteiger charge is -2.19. The molecule has 4 rings (SSSR count). The first-order valence-electron chi connectivity index (χ1n) is 8.92. The van der Waals surface area contributed by atoms with Gasteiger partial charge in [0.25, 0.3) is 5.91 Å². The van der Waals surface area contributed by atoms with Gasteiger partial charge in [0.1, 0.15) is 5.76 Å². The minimum absolute atomic E-state index is 0.0818. The Morgan fingerprint density at radius 2 is 1.96 bits per heavy atom. The lowest BCUT2D eigenvalue weighted by Crippen LogP contribution is -2.30. The molecule has 4 aromatic rings. The van der Waals surface area contributed by atoms with Crippen LogP contribution in [0, 0.1) is 13.8 Å². The number of hydrogen-bond acceptors (Lipinski definition) is 5. The molecular weight excluding hydrogens is 388 g/mol. The number of carbonyl (C=O) groups is 1. The van der Waals surface area contributed by atoms with Crippen molar-refractivity contribution in [3.8, 4) is 0 Å². The Morgan fingerprint density at radius 3 is 2.68 bits per heavy atom. The third-order valence-corrected chi connectivity index (χ3v) is 6.56. The van der Waals surface area contributed by atoms with Crippen LogP contribution in [0.2, 0.25) is 0 Å². The third-order valence-electron chi connectivity index (χ3n) is 4.62. The SMILES string of the molecule is CSc1cccc(C(=O)N(Cc2ccco2)c2nc3c(C)ccc(C)c3s2)c1. The quantitative estimate of drug-likeness (QED) is 0.376. The van der Waals surface area contributed by atoms with Crippen LogP contribution in [0.3, 0.4) is 0 Å². The summed E-state index contributed by atoms with van der Waals surface area (Å²) in [6.07, 6.45) is 3.63. The van der Waals surface area contributed by atoms with Crippen molar-refractivity contribution in [2.24, 2.45) is 0 Å². The molecule has 1 amide bonds. The predicted molar refractivity (Wildman–Crippen MR) is 117 cm³/mol. The molecule has 2 aromatic heterocycles. The summed E-state index contributed by atoms with van der Waals surface area (Å²) in [4.78, 5) is 21.0. The lowest BCUT2D eigenvalue weighted by atomic mass is 10.1. The molecule has 0 saturated carbocycles. The summed E-state index contributed by atoms with van der Waals surface area (Å²) in [5.74, 6) is 0.642. The van der Waals surface area contributed by atoms with Gasteiger partial charge >= 0.3 is 0 Å². The molecule has 2 aromatic carbocycles. The zero-order valence-corrected chi connectivity index (χ0v) is 17.6. The molecule has 0 N–H and O–H groups in total. The number of carbonyl (C=O) groups excluding carboxylic acids is 1. The predicted octanol–water partition coefficient (Wildman–Crippen LogP) is 6.08. The number of fused-ring (bicyclic) bond motifs is 1. The summed E-state index contributed by atoms with van der Waals surface area (Å²) in [5.41, 5.74) is 3.87. The van der Waals surface area contributed by atoms with Gasteiger partial charge in [-0.3, -0.25) is 9.69 Å². The molecule has 0 bridgehead atoms. The smallest absolute Gasteiger partial charge is 0.260 e. The molecule has 0 atom stereocenters. The van der Waals surface area contributed by atoms with E-state index in [1.165, 1.54) is 5.56 Å². The summed E-state index contributed by atoms with van der Waals surface area (Å²) >= 11 is 3.17. The molecule has 0 aliphatic rings. The van der Waals surface area contributed by atoms with Crippen molar-refractivity contribution in [2.45, 2.75) is 25.3 Å². The van der Waals surface area contributed by atoms with Crippen molar-refractivity contribution in [3.05, 3.63) is 77.2 Å². The average molecular weight is 409 g/mol. The zero-order valence-electron chi connectivity index (χ0n) is 15.9. The molecule has 0 saturated heterocycles. The maximum Gasteiger partial charge on any atom is 0.260 e. The van der Waals surface area contributed by atoms with E-state index in [1.807, 2.05) is 49.6 Å². The van der Waals surface area contributed by atoms with E-state index in [9.17, 15) is 4.79 Å². The minimum atomic E-state index is -0.0818. The van der Waals surface area contributed by atoms with E-state index < -0.39 is 0 Å². The van der Waals surface area contributed by atoms with Gasteiger partial charge < -0.3 is 4.42 Å². The van der Waals surface area contributed by atoms with E-state index in [-0.39, 0.29) is 5.91 Å². The molecule has 142 valence electrons. The number of anilines is 1. The molecule has 28 heavy (non-hydrogen) atoms. The van der Waals surface area contributed by atoms with Gasteiger partial charge in [0.15, 0.2) is 5.13 Å². The molecular formula is C22H20N2O2S2. The van der Waals surface area contributed by atoms with Crippen molar-refractivity contribution in [3.63, 3.8) is 0 Å². The summed E-state index contributed by atoms with van der Waals surface area (Å²) in [6, 6.07) is 15.6. The van der Waals surface area contributed by atoms with Crippen LogP contribution in [0.1, 0.15) is 27.2 Å². The van der Waals surface area contributed by atoms with E-state index in [2.05, 4.69) is 19.1 Å². The maximum absolute atomic E-state index is 13.4. The van der Waals surface area contributed by atoms with Crippen LogP contribution in [0.5, 0.6) is 0 Å². The van der Waals surface area contributed by atoms with Crippen LogP contribution < -0.4 is 4.90 Å². The van der Waals surface area contributed by atoms with Crippen molar-refractivity contribution in [1.29, 1.82) is 0 Å². The molecule has 0 spiro atoms. The van der Waals surface area contributed by atoms with Crippen LogP contribution >= 0.6 is 23.1 Å². The van der Waals surface area contributed by atoms with Crippen molar-refractivity contribution in [2.75, 3.05) is 11.2 Å². The highest BCUT2D eigenvalue weighted by molar-refractivity contribution is 7.98. The topological polar surface area (TPSA) is 46.3 Å². The molecule has 2 heterocycles. The van der Waals surface area contributed by atoms with Gasteiger partial charge in [-0.15, -0.1) is 11.8 Å². The highest BCUT2D eigenvalue weighted by Gasteiger charge is 2.23. The molecule has 0 unspecified atom stereocenters.